The standard InChI is InChI=1S/C4BrF8NO/c5-4(12,13)14-3(11,15-14)1(6,7)2(8,9)10. The summed E-state index contributed by atoms with van der Waals surface area (Å²) < 4.78 is 96.1. The van der Waals surface area contributed by atoms with E-state index in [9.17, 15) is 35.1 Å². The molecule has 1 rings (SSSR count). The highest BCUT2D eigenvalue weighted by molar-refractivity contribution is 9.09. The normalized spacial score (nSPS) is 33.0. The molecule has 1 saturated heterocycles. The smallest absolute Gasteiger partial charge is 0.224 e. The lowest BCUT2D eigenvalue weighted by molar-refractivity contribution is -0.328. The van der Waals surface area contributed by atoms with Crippen LogP contribution in [0.2, 0.25) is 0 Å². The van der Waals surface area contributed by atoms with E-state index >= 15 is 0 Å². The van der Waals surface area contributed by atoms with Crippen LogP contribution in [0.4, 0.5) is 35.1 Å². The lowest BCUT2D eigenvalue weighted by Gasteiger charge is -2.20. The molecule has 90 valence electrons. The first-order valence-corrected chi connectivity index (χ1v) is 3.83. The molecule has 1 aliphatic heterocycles. The zero-order chi connectivity index (χ0) is 12.3. The molecule has 1 aliphatic rings. The highest BCUT2D eigenvalue weighted by Crippen LogP contribution is 2.59. The van der Waals surface area contributed by atoms with E-state index in [1.54, 1.807) is 0 Å². The predicted octanol–water partition coefficient (Wildman–Crippen LogP) is 3.00. The van der Waals surface area contributed by atoms with Gasteiger partial charge in [-0.25, -0.2) is 4.84 Å². The average molecular weight is 310 g/mol. The minimum atomic E-state index is -6.34. The molecular weight excluding hydrogens is 310 g/mol. The third-order valence-corrected chi connectivity index (χ3v) is 1.74. The fourth-order valence-corrected chi connectivity index (χ4v) is 0.976. The Morgan fingerprint density at radius 2 is 1.40 bits per heavy atom. The van der Waals surface area contributed by atoms with Gasteiger partial charge in [0.05, 0.1) is 0 Å². The summed E-state index contributed by atoms with van der Waals surface area (Å²) in [6.07, 6.45) is -6.34. The Kier molecular flexibility index (Phi) is 2.53. The molecule has 0 radical (unpaired) electrons. The van der Waals surface area contributed by atoms with Crippen molar-refractivity contribution in [2.45, 2.75) is 23.0 Å². The summed E-state index contributed by atoms with van der Waals surface area (Å²) in [6.45, 7) is 0. The van der Waals surface area contributed by atoms with Crippen molar-refractivity contribution in [2.75, 3.05) is 0 Å². The van der Waals surface area contributed by atoms with Crippen molar-refractivity contribution in [3.63, 3.8) is 0 Å². The monoisotopic (exact) mass is 309 g/mol. The molecule has 1 heterocycles. The molecule has 0 aliphatic carbocycles. The van der Waals surface area contributed by atoms with Gasteiger partial charge in [-0.2, -0.15) is 35.1 Å². The third kappa shape index (κ3) is 1.80. The van der Waals surface area contributed by atoms with Crippen molar-refractivity contribution < 1.29 is 40.0 Å². The van der Waals surface area contributed by atoms with Gasteiger partial charge in [0.1, 0.15) is 0 Å². The van der Waals surface area contributed by atoms with Crippen LogP contribution in [0.15, 0.2) is 0 Å². The lowest BCUT2D eigenvalue weighted by atomic mass is 10.3. The van der Waals surface area contributed by atoms with Crippen LogP contribution in [0.1, 0.15) is 0 Å². The summed E-state index contributed by atoms with van der Waals surface area (Å²) in [7, 11) is 0. The van der Waals surface area contributed by atoms with Gasteiger partial charge < -0.3 is 0 Å². The molecule has 2 unspecified atom stereocenters. The second-order valence-electron chi connectivity index (χ2n) is 2.49. The van der Waals surface area contributed by atoms with Gasteiger partial charge in [-0.3, -0.25) is 0 Å². The van der Waals surface area contributed by atoms with Crippen molar-refractivity contribution in [2.24, 2.45) is 0 Å². The van der Waals surface area contributed by atoms with Gasteiger partial charge in [0, 0.05) is 15.9 Å². The molecule has 0 aromatic heterocycles. The van der Waals surface area contributed by atoms with E-state index in [2.05, 4.69) is 4.84 Å². The van der Waals surface area contributed by atoms with Crippen LogP contribution >= 0.6 is 15.9 Å². The molecule has 0 N–H and O–H groups in total. The molecule has 0 amide bonds. The molecule has 2 atom stereocenters. The molecule has 15 heavy (non-hydrogen) atoms. The van der Waals surface area contributed by atoms with E-state index in [4.69, 9.17) is 0 Å². The number of hydrogen-bond acceptors (Lipinski definition) is 2. The molecule has 11 heteroatoms. The molecule has 0 aromatic carbocycles. The van der Waals surface area contributed by atoms with E-state index in [1.165, 1.54) is 15.9 Å². The molecule has 1 fully saturated rings. The van der Waals surface area contributed by atoms with E-state index in [0.29, 0.717) is 0 Å². The summed E-state index contributed by atoms with van der Waals surface area (Å²) in [5.41, 5.74) is 0. The fourth-order valence-electron chi connectivity index (χ4n) is 0.675. The molecule has 0 aromatic rings. The Labute approximate surface area is 84.8 Å². The summed E-state index contributed by atoms with van der Waals surface area (Å²) in [6, 6.07) is 0. The Bertz CT molecular complexity index is 273. The number of nitrogens with zero attached hydrogens (tertiary/aromatic N) is 1. The van der Waals surface area contributed by atoms with Crippen LogP contribution in [0, 0.1) is 0 Å². The largest absolute Gasteiger partial charge is 0.461 e. The Morgan fingerprint density at radius 3 is 1.60 bits per heavy atom. The molecular formula is C4BrF8NO. The van der Waals surface area contributed by atoms with Crippen molar-refractivity contribution in [3.05, 3.63) is 0 Å². The number of hydrogen-bond donors (Lipinski definition) is 0. The van der Waals surface area contributed by atoms with Gasteiger partial charge in [0.15, 0.2) is 0 Å². The van der Waals surface area contributed by atoms with Gasteiger partial charge in [0.2, 0.25) is 0 Å². The molecule has 0 bridgehead atoms. The van der Waals surface area contributed by atoms with Crippen LogP contribution in [0.3, 0.4) is 0 Å². The SMILES string of the molecule is FC(F)(Br)N1OC1(F)C(F)(F)C(F)(F)F. The van der Waals surface area contributed by atoms with Gasteiger partial charge in [-0.05, 0) is 5.06 Å². The van der Waals surface area contributed by atoms with Gasteiger partial charge >= 0.3 is 23.0 Å². The first-order chi connectivity index (χ1) is 6.34. The van der Waals surface area contributed by atoms with Gasteiger partial charge in [-0.1, -0.05) is 0 Å². The molecule has 0 saturated carbocycles. The van der Waals surface area contributed by atoms with Gasteiger partial charge in [-0.15, -0.1) is 0 Å². The quantitative estimate of drug-likeness (QED) is 0.337. The third-order valence-electron chi connectivity index (χ3n) is 1.41. The van der Waals surface area contributed by atoms with Crippen molar-refractivity contribution in [1.82, 2.24) is 5.06 Å². The zero-order valence-corrected chi connectivity index (χ0v) is 7.84. The maximum Gasteiger partial charge on any atom is 0.461 e. The first-order valence-electron chi connectivity index (χ1n) is 3.03. The van der Waals surface area contributed by atoms with Crippen molar-refractivity contribution >= 4 is 15.9 Å². The van der Waals surface area contributed by atoms with E-state index in [0.717, 1.165) is 0 Å². The first kappa shape index (κ1) is 12.9. The summed E-state index contributed by atoms with van der Waals surface area (Å²) in [5, 5.41) is -1.42. The number of halogens is 9. The topological polar surface area (TPSA) is 15.5 Å². The minimum Gasteiger partial charge on any atom is -0.224 e. The maximum absolute atomic E-state index is 12.7. The second kappa shape index (κ2) is 2.94. The highest BCUT2D eigenvalue weighted by Gasteiger charge is 2.88. The number of rotatable bonds is 2. The van der Waals surface area contributed by atoms with Crippen molar-refractivity contribution in [1.29, 1.82) is 0 Å². The van der Waals surface area contributed by atoms with Crippen LogP contribution in [-0.2, 0) is 4.84 Å². The maximum atomic E-state index is 12.7. The fraction of sp³-hybridized carbons (Fsp3) is 1.00. The Hall–Kier alpha value is -0.160. The van der Waals surface area contributed by atoms with Crippen molar-refractivity contribution in [3.8, 4) is 0 Å². The second-order valence-corrected chi connectivity index (χ2v) is 3.44. The lowest BCUT2D eigenvalue weighted by Crippen LogP contribution is -2.50. The summed E-state index contributed by atoms with van der Waals surface area (Å²) >= 11 is 1.37. The minimum absolute atomic E-state index is 1.37. The van der Waals surface area contributed by atoms with Crippen LogP contribution in [0.5, 0.6) is 0 Å². The number of alkyl halides is 9. The Morgan fingerprint density at radius 1 is 1.00 bits per heavy atom. The van der Waals surface area contributed by atoms with Crippen LogP contribution in [0.25, 0.3) is 0 Å². The average Bonchev–Trinajstić information content (AvgIpc) is 2.60. The predicted molar refractivity (Wildman–Crippen MR) is 31.6 cm³/mol. The van der Waals surface area contributed by atoms with Gasteiger partial charge in [0.25, 0.3) is 0 Å². The van der Waals surface area contributed by atoms with E-state index in [1.807, 2.05) is 0 Å². The van der Waals surface area contributed by atoms with E-state index in [-0.39, 0.29) is 0 Å². The highest BCUT2D eigenvalue weighted by atomic mass is 79.9. The number of hydroxylamine groups is 2. The molecule has 2 nitrogen and oxygen atoms in total. The van der Waals surface area contributed by atoms with Crippen LogP contribution < -0.4 is 0 Å². The van der Waals surface area contributed by atoms with Crippen LogP contribution in [-0.4, -0.2) is 28.1 Å². The van der Waals surface area contributed by atoms with E-state index < -0.39 is 28.1 Å². The zero-order valence-electron chi connectivity index (χ0n) is 6.26. The molecule has 0 spiro atoms. The summed E-state index contributed by atoms with van der Waals surface area (Å²) in [5.74, 6) is -10.9. The summed E-state index contributed by atoms with van der Waals surface area (Å²) in [4.78, 5) is -1.50. The Balaban J connectivity index is 2.94.